The van der Waals surface area contributed by atoms with Crippen LogP contribution in [0.4, 0.5) is 0 Å². The molecule has 0 saturated carbocycles. The summed E-state index contributed by atoms with van der Waals surface area (Å²) >= 11 is 0. The third-order valence-electron chi connectivity index (χ3n) is 3.87. The van der Waals surface area contributed by atoms with Gasteiger partial charge in [-0.1, -0.05) is 0 Å². The predicted octanol–water partition coefficient (Wildman–Crippen LogP) is 0.309. The number of nitrogens with zero attached hydrogens (tertiary/aromatic N) is 1. The Kier molecular flexibility index (Phi) is 6.57. The average molecular weight is 386 g/mol. The lowest BCUT2D eigenvalue weighted by Gasteiger charge is -2.26. The Labute approximate surface area is 151 Å². The molecule has 1 amide bonds. The molecule has 2 rings (SSSR count). The van der Waals surface area contributed by atoms with Crippen LogP contribution in [0.3, 0.4) is 0 Å². The van der Waals surface area contributed by atoms with Crippen LogP contribution in [0.5, 0.6) is 5.75 Å². The maximum Gasteiger partial charge on any atom is 0.305 e. The first-order valence-electron chi connectivity index (χ1n) is 8.04. The summed E-state index contributed by atoms with van der Waals surface area (Å²) in [5.41, 5.74) is 0.106. The maximum absolute atomic E-state index is 12.9. The van der Waals surface area contributed by atoms with Crippen LogP contribution in [0, 0.1) is 0 Å². The molecule has 0 bridgehead atoms. The lowest BCUT2D eigenvalue weighted by Crippen LogP contribution is -2.40. The highest BCUT2D eigenvalue weighted by Crippen LogP contribution is 2.28. The van der Waals surface area contributed by atoms with Gasteiger partial charge >= 0.3 is 5.97 Å². The van der Waals surface area contributed by atoms with Crippen LogP contribution in [-0.4, -0.2) is 69.2 Å². The summed E-state index contributed by atoms with van der Waals surface area (Å²) < 4.78 is 37.4. The van der Waals surface area contributed by atoms with Crippen molar-refractivity contribution in [2.75, 3.05) is 33.4 Å². The van der Waals surface area contributed by atoms with Crippen molar-refractivity contribution in [3.63, 3.8) is 0 Å². The lowest BCUT2D eigenvalue weighted by molar-refractivity contribution is -0.137. The summed E-state index contributed by atoms with van der Waals surface area (Å²) in [5.74, 6) is -1.46. The molecular formula is C16H22N2O7S. The zero-order valence-corrected chi connectivity index (χ0v) is 15.4. The average Bonchev–Trinajstić information content (AvgIpc) is 2.61. The number of hydrogen-bond donors (Lipinski definition) is 2. The Morgan fingerprint density at radius 2 is 2.00 bits per heavy atom. The van der Waals surface area contributed by atoms with Crippen molar-refractivity contribution in [2.45, 2.75) is 24.3 Å². The standard InChI is InChI=1S/C16H22N2O7S/c1-11(9-15(19)20)17-16(21)12-3-4-13(24-2)14(10-12)26(22,23)18-5-7-25-8-6-18/h3-4,10-11H,5-9H2,1-2H3,(H,17,21)(H,19,20). The molecule has 2 N–H and O–H groups in total. The molecule has 0 aromatic heterocycles. The van der Waals surface area contributed by atoms with Crippen LogP contribution < -0.4 is 10.1 Å². The molecule has 1 heterocycles. The van der Waals surface area contributed by atoms with E-state index in [0.717, 1.165) is 0 Å². The number of carboxylic acid groups (broad SMARTS) is 1. The monoisotopic (exact) mass is 386 g/mol. The molecule has 10 heteroatoms. The van der Waals surface area contributed by atoms with E-state index in [4.69, 9.17) is 14.6 Å². The number of carbonyl (C=O) groups is 2. The summed E-state index contributed by atoms with van der Waals surface area (Å²) in [6, 6.07) is 3.48. The molecule has 9 nitrogen and oxygen atoms in total. The largest absolute Gasteiger partial charge is 0.495 e. The van der Waals surface area contributed by atoms with Gasteiger partial charge in [-0.3, -0.25) is 9.59 Å². The van der Waals surface area contributed by atoms with E-state index >= 15 is 0 Å². The Bertz CT molecular complexity index is 773. The SMILES string of the molecule is COc1ccc(C(=O)NC(C)CC(=O)O)cc1S(=O)(=O)N1CCOCC1. The first-order chi connectivity index (χ1) is 12.3. The maximum atomic E-state index is 12.9. The van der Waals surface area contributed by atoms with Gasteiger partial charge in [0.2, 0.25) is 10.0 Å². The zero-order chi connectivity index (χ0) is 19.3. The Morgan fingerprint density at radius 3 is 2.58 bits per heavy atom. The summed E-state index contributed by atoms with van der Waals surface area (Å²) in [7, 11) is -2.50. The second-order valence-electron chi connectivity index (χ2n) is 5.85. The molecule has 0 radical (unpaired) electrons. The number of sulfonamides is 1. The molecule has 1 atom stereocenters. The number of methoxy groups -OCH3 is 1. The van der Waals surface area contributed by atoms with E-state index in [0.29, 0.717) is 13.2 Å². The molecule has 1 saturated heterocycles. The fraction of sp³-hybridized carbons (Fsp3) is 0.500. The van der Waals surface area contributed by atoms with Crippen LogP contribution in [0.1, 0.15) is 23.7 Å². The van der Waals surface area contributed by atoms with Gasteiger partial charge in [-0.25, -0.2) is 8.42 Å². The number of ether oxygens (including phenoxy) is 2. The van der Waals surface area contributed by atoms with Gasteiger partial charge in [-0.05, 0) is 25.1 Å². The summed E-state index contributed by atoms with van der Waals surface area (Å²) in [6.07, 6.45) is -0.235. The highest BCUT2D eigenvalue weighted by atomic mass is 32.2. The molecule has 1 aliphatic rings. The van der Waals surface area contributed by atoms with Gasteiger partial charge < -0.3 is 19.9 Å². The predicted molar refractivity (Wildman–Crippen MR) is 91.8 cm³/mol. The minimum absolute atomic E-state index is 0.106. The third-order valence-corrected chi connectivity index (χ3v) is 5.79. The number of carbonyl (C=O) groups excluding carboxylic acids is 1. The Balaban J connectivity index is 2.30. The molecule has 0 spiro atoms. The van der Waals surface area contributed by atoms with Gasteiger partial charge in [0.1, 0.15) is 10.6 Å². The number of nitrogens with one attached hydrogen (secondary N) is 1. The Hall–Kier alpha value is -2.17. The number of morpholine rings is 1. The normalized spacial score (nSPS) is 16.7. The number of hydrogen-bond acceptors (Lipinski definition) is 6. The van der Waals surface area contributed by atoms with Gasteiger partial charge in [0.25, 0.3) is 5.91 Å². The number of carboxylic acids is 1. The van der Waals surface area contributed by atoms with Gasteiger partial charge in [-0.2, -0.15) is 4.31 Å². The first-order valence-corrected chi connectivity index (χ1v) is 9.48. The van der Waals surface area contributed by atoms with E-state index in [1.807, 2.05) is 0 Å². The number of rotatable bonds is 7. The smallest absolute Gasteiger partial charge is 0.305 e. The van der Waals surface area contributed by atoms with E-state index in [-0.39, 0.29) is 35.7 Å². The van der Waals surface area contributed by atoms with Crippen molar-refractivity contribution in [3.05, 3.63) is 23.8 Å². The molecule has 1 unspecified atom stereocenters. The van der Waals surface area contributed by atoms with Crippen molar-refractivity contribution in [1.82, 2.24) is 9.62 Å². The summed E-state index contributed by atoms with van der Waals surface area (Å²) in [6.45, 7) is 2.60. The van der Waals surface area contributed by atoms with Crippen molar-refractivity contribution in [2.24, 2.45) is 0 Å². The van der Waals surface area contributed by atoms with Gasteiger partial charge in [0, 0.05) is 24.7 Å². The topological polar surface area (TPSA) is 122 Å². The van der Waals surface area contributed by atoms with E-state index < -0.39 is 27.9 Å². The lowest BCUT2D eigenvalue weighted by atomic mass is 10.1. The van der Waals surface area contributed by atoms with Crippen molar-refractivity contribution in [3.8, 4) is 5.75 Å². The van der Waals surface area contributed by atoms with Gasteiger partial charge in [0.15, 0.2) is 0 Å². The van der Waals surface area contributed by atoms with Crippen molar-refractivity contribution < 1.29 is 32.6 Å². The summed E-state index contributed by atoms with van der Waals surface area (Å²) in [5, 5.41) is 11.3. The minimum Gasteiger partial charge on any atom is -0.495 e. The molecule has 1 aromatic carbocycles. The first kappa shape index (κ1) is 20.1. The quantitative estimate of drug-likeness (QED) is 0.691. The molecule has 1 aliphatic heterocycles. The van der Waals surface area contributed by atoms with Crippen molar-refractivity contribution >= 4 is 21.9 Å². The number of aliphatic carboxylic acids is 1. The van der Waals surface area contributed by atoms with E-state index in [9.17, 15) is 18.0 Å². The van der Waals surface area contributed by atoms with Crippen molar-refractivity contribution in [1.29, 1.82) is 0 Å². The molecule has 0 aliphatic carbocycles. The van der Waals surface area contributed by atoms with Crippen LogP contribution in [0.2, 0.25) is 0 Å². The zero-order valence-electron chi connectivity index (χ0n) is 14.6. The second-order valence-corrected chi connectivity index (χ2v) is 7.76. The Morgan fingerprint density at radius 1 is 1.35 bits per heavy atom. The summed E-state index contributed by atoms with van der Waals surface area (Å²) in [4.78, 5) is 22.9. The molecular weight excluding hydrogens is 364 g/mol. The van der Waals surface area contributed by atoms with E-state index in [1.54, 1.807) is 6.92 Å². The van der Waals surface area contributed by atoms with Crippen LogP contribution in [-0.2, 0) is 19.6 Å². The molecule has 144 valence electrons. The van der Waals surface area contributed by atoms with Crippen LogP contribution in [0.15, 0.2) is 23.1 Å². The number of benzene rings is 1. The molecule has 26 heavy (non-hydrogen) atoms. The van der Waals surface area contributed by atoms with E-state index in [2.05, 4.69) is 5.32 Å². The molecule has 1 aromatic rings. The third kappa shape index (κ3) is 4.71. The van der Waals surface area contributed by atoms with Gasteiger partial charge in [0.05, 0.1) is 26.7 Å². The van der Waals surface area contributed by atoms with Crippen LogP contribution in [0.25, 0.3) is 0 Å². The van der Waals surface area contributed by atoms with Gasteiger partial charge in [-0.15, -0.1) is 0 Å². The highest BCUT2D eigenvalue weighted by Gasteiger charge is 2.30. The van der Waals surface area contributed by atoms with E-state index in [1.165, 1.54) is 29.6 Å². The fourth-order valence-corrected chi connectivity index (χ4v) is 4.16. The fourth-order valence-electron chi connectivity index (χ4n) is 2.57. The second kappa shape index (κ2) is 8.47. The van der Waals surface area contributed by atoms with Crippen LogP contribution >= 0.6 is 0 Å². The highest BCUT2D eigenvalue weighted by molar-refractivity contribution is 7.89. The minimum atomic E-state index is -3.85. The number of amides is 1. The molecule has 1 fully saturated rings.